The van der Waals surface area contributed by atoms with Gasteiger partial charge in [0, 0.05) is 6.42 Å². The fourth-order valence-corrected chi connectivity index (χ4v) is 3.28. The summed E-state index contributed by atoms with van der Waals surface area (Å²) in [5.74, 6) is 0.468. The highest BCUT2D eigenvalue weighted by Gasteiger charge is 2.13. The molecule has 0 fully saturated rings. The number of carbonyl (C=O) groups is 1. The van der Waals surface area contributed by atoms with E-state index in [1.54, 1.807) is 0 Å². The molecule has 0 bridgehead atoms. The van der Waals surface area contributed by atoms with E-state index < -0.39 is 0 Å². The molecule has 2 nitrogen and oxygen atoms in total. The van der Waals surface area contributed by atoms with Crippen molar-refractivity contribution in [2.45, 2.75) is 78.7 Å². The van der Waals surface area contributed by atoms with Crippen LogP contribution in [0.2, 0.25) is 0 Å². The number of hydrogen-bond acceptors (Lipinski definition) is 2. The molecule has 0 aliphatic carbocycles. The van der Waals surface area contributed by atoms with Gasteiger partial charge in [0.2, 0.25) is 0 Å². The number of rotatable bonds is 11. The van der Waals surface area contributed by atoms with E-state index in [0.717, 1.165) is 24.8 Å². The van der Waals surface area contributed by atoms with Gasteiger partial charge in [-0.25, -0.2) is 0 Å². The minimum atomic E-state index is -0.209. The van der Waals surface area contributed by atoms with Crippen molar-refractivity contribution in [3.05, 3.63) is 59.7 Å². The largest absolute Gasteiger partial charge is 0.458 e. The number of ether oxygens (including phenoxy) is 1. The van der Waals surface area contributed by atoms with Gasteiger partial charge in [-0.05, 0) is 54.4 Å². The van der Waals surface area contributed by atoms with Gasteiger partial charge in [-0.15, -0.1) is 0 Å². The molecule has 0 saturated heterocycles. The standard InChI is InChI=1S/C26H36O2/c1-5-7-8-9-22-11-13-24(14-12-22)25-17-15-23(16-18-25)21(4)28-26(27)19-10-20(3)6-2/h11-18,20-21H,5-10,19H2,1-4H3. The number of aryl methyl sites for hydroxylation is 1. The summed E-state index contributed by atoms with van der Waals surface area (Å²) in [7, 11) is 0. The van der Waals surface area contributed by atoms with E-state index in [1.165, 1.54) is 36.0 Å². The molecule has 0 radical (unpaired) electrons. The molecule has 2 aromatic carbocycles. The lowest BCUT2D eigenvalue weighted by Crippen LogP contribution is -2.10. The van der Waals surface area contributed by atoms with Gasteiger partial charge in [0.25, 0.3) is 0 Å². The average molecular weight is 381 g/mol. The molecule has 0 aliphatic heterocycles. The monoisotopic (exact) mass is 380 g/mol. The van der Waals surface area contributed by atoms with Crippen LogP contribution in [-0.2, 0) is 16.0 Å². The summed E-state index contributed by atoms with van der Waals surface area (Å²) >= 11 is 0. The Bertz CT molecular complexity index is 700. The topological polar surface area (TPSA) is 26.3 Å². The maximum absolute atomic E-state index is 12.0. The summed E-state index contributed by atoms with van der Waals surface area (Å²) in [6, 6.07) is 17.2. The lowest BCUT2D eigenvalue weighted by molar-refractivity contribution is -0.148. The number of esters is 1. The van der Waals surface area contributed by atoms with Gasteiger partial charge in [-0.3, -0.25) is 4.79 Å². The van der Waals surface area contributed by atoms with Crippen molar-refractivity contribution < 1.29 is 9.53 Å². The predicted octanol–water partition coefficient (Wildman–Crippen LogP) is 7.52. The maximum atomic E-state index is 12.0. The molecule has 0 aromatic heterocycles. The van der Waals surface area contributed by atoms with Crippen LogP contribution in [0.25, 0.3) is 11.1 Å². The smallest absolute Gasteiger partial charge is 0.306 e. The Balaban J connectivity index is 1.90. The van der Waals surface area contributed by atoms with Gasteiger partial charge in [0.1, 0.15) is 6.10 Å². The SMILES string of the molecule is CCCCCc1ccc(-c2ccc(C(C)OC(=O)CCC(C)CC)cc2)cc1. The molecule has 0 N–H and O–H groups in total. The minimum absolute atomic E-state index is 0.101. The Labute approximate surface area is 171 Å². The van der Waals surface area contributed by atoms with Crippen molar-refractivity contribution in [3.8, 4) is 11.1 Å². The highest BCUT2D eigenvalue weighted by Crippen LogP contribution is 2.25. The highest BCUT2D eigenvalue weighted by atomic mass is 16.5. The molecule has 0 aliphatic rings. The van der Waals surface area contributed by atoms with Crippen LogP contribution in [0.3, 0.4) is 0 Å². The molecule has 2 unspecified atom stereocenters. The number of benzene rings is 2. The van der Waals surface area contributed by atoms with Crippen molar-refractivity contribution >= 4 is 5.97 Å². The minimum Gasteiger partial charge on any atom is -0.458 e. The van der Waals surface area contributed by atoms with Crippen LogP contribution < -0.4 is 0 Å². The normalized spacial score (nSPS) is 13.1. The van der Waals surface area contributed by atoms with Gasteiger partial charge in [0.15, 0.2) is 0 Å². The van der Waals surface area contributed by atoms with E-state index in [2.05, 4.69) is 69.3 Å². The zero-order valence-corrected chi connectivity index (χ0v) is 18.0. The summed E-state index contributed by atoms with van der Waals surface area (Å²) in [5.41, 5.74) is 4.87. The second kappa shape index (κ2) is 11.7. The number of unbranched alkanes of at least 4 members (excludes halogenated alkanes) is 2. The molecule has 0 saturated carbocycles. The molecule has 2 atom stereocenters. The van der Waals surface area contributed by atoms with Gasteiger partial charge in [0.05, 0.1) is 0 Å². The molecular weight excluding hydrogens is 344 g/mol. The Morgan fingerprint density at radius 1 is 0.893 bits per heavy atom. The Kier molecular flexibility index (Phi) is 9.27. The van der Waals surface area contributed by atoms with Crippen LogP contribution in [-0.4, -0.2) is 5.97 Å². The Morgan fingerprint density at radius 2 is 1.50 bits per heavy atom. The molecule has 0 heterocycles. The number of hydrogen-bond donors (Lipinski definition) is 0. The zero-order chi connectivity index (χ0) is 20.4. The van der Waals surface area contributed by atoms with E-state index in [1.807, 2.05) is 6.92 Å². The van der Waals surface area contributed by atoms with Gasteiger partial charge in [-0.1, -0.05) is 88.6 Å². The van der Waals surface area contributed by atoms with Gasteiger partial charge < -0.3 is 4.74 Å². The second-order valence-electron chi connectivity index (χ2n) is 7.96. The van der Waals surface area contributed by atoms with Crippen LogP contribution in [0.1, 0.15) is 83.5 Å². The molecule has 152 valence electrons. The summed E-state index contributed by atoms with van der Waals surface area (Å²) in [6.07, 6.45) is 7.27. The molecule has 2 aromatic rings. The second-order valence-corrected chi connectivity index (χ2v) is 7.96. The quantitative estimate of drug-likeness (QED) is 0.298. The first-order valence-corrected chi connectivity index (χ1v) is 10.9. The first-order valence-electron chi connectivity index (χ1n) is 10.9. The third kappa shape index (κ3) is 7.14. The van der Waals surface area contributed by atoms with E-state index >= 15 is 0 Å². The average Bonchev–Trinajstić information content (AvgIpc) is 2.72. The van der Waals surface area contributed by atoms with E-state index in [4.69, 9.17) is 4.74 Å². The summed E-state index contributed by atoms with van der Waals surface area (Å²) < 4.78 is 5.60. The third-order valence-electron chi connectivity index (χ3n) is 5.58. The molecule has 0 spiro atoms. The number of carbonyl (C=O) groups excluding carboxylic acids is 1. The van der Waals surface area contributed by atoms with Crippen molar-refractivity contribution in [1.82, 2.24) is 0 Å². The molecule has 2 rings (SSSR count). The van der Waals surface area contributed by atoms with E-state index in [0.29, 0.717) is 12.3 Å². The third-order valence-corrected chi connectivity index (χ3v) is 5.58. The first-order chi connectivity index (χ1) is 13.5. The highest BCUT2D eigenvalue weighted by molar-refractivity contribution is 5.70. The predicted molar refractivity (Wildman–Crippen MR) is 118 cm³/mol. The van der Waals surface area contributed by atoms with Gasteiger partial charge in [-0.2, -0.15) is 0 Å². The van der Waals surface area contributed by atoms with E-state index in [-0.39, 0.29) is 12.1 Å². The summed E-state index contributed by atoms with van der Waals surface area (Å²) in [6.45, 7) is 8.51. The molecule has 2 heteroatoms. The van der Waals surface area contributed by atoms with Gasteiger partial charge >= 0.3 is 5.97 Å². The lowest BCUT2D eigenvalue weighted by Gasteiger charge is -2.15. The van der Waals surface area contributed by atoms with Crippen LogP contribution in [0, 0.1) is 5.92 Å². The summed E-state index contributed by atoms with van der Waals surface area (Å²) in [4.78, 5) is 12.0. The fraction of sp³-hybridized carbons (Fsp3) is 0.500. The van der Waals surface area contributed by atoms with Crippen molar-refractivity contribution in [2.75, 3.05) is 0 Å². The van der Waals surface area contributed by atoms with Crippen molar-refractivity contribution in [1.29, 1.82) is 0 Å². The molecule has 28 heavy (non-hydrogen) atoms. The zero-order valence-electron chi connectivity index (χ0n) is 18.0. The first kappa shape index (κ1) is 22.2. The van der Waals surface area contributed by atoms with Crippen LogP contribution in [0.4, 0.5) is 0 Å². The Hall–Kier alpha value is -2.09. The fourth-order valence-electron chi connectivity index (χ4n) is 3.28. The van der Waals surface area contributed by atoms with Crippen LogP contribution >= 0.6 is 0 Å². The summed E-state index contributed by atoms with van der Waals surface area (Å²) in [5, 5.41) is 0. The van der Waals surface area contributed by atoms with E-state index in [9.17, 15) is 4.79 Å². The maximum Gasteiger partial charge on any atom is 0.306 e. The van der Waals surface area contributed by atoms with Crippen LogP contribution in [0.5, 0.6) is 0 Å². The van der Waals surface area contributed by atoms with Crippen LogP contribution in [0.15, 0.2) is 48.5 Å². The van der Waals surface area contributed by atoms with Crippen molar-refractivity contribution in [2.24, 2.45) is 5.92 Å². The lowest BCUT2D eigenvalue weighted by atomic mass is 9.99. The van der Waals surface area contributed by atoms with Crippen molar-refractivity contribution in [3.63, 3.8) is 0 Å². The molecule has 0 amide bonds. The Morgan fingerprint density at radius 3 is 2.07 bits per heavy atom. The molecular formula is C26H36O2.